The van der Waals surface area contributed by atoms with Crippen LogP contribution in [-0.4, -0.2) is 98.4 Å². The van der Waals surface area contributed by atoms with Crippen molar-refractivity contribution in [3.63, 3.8) is 0 Å². The van der Waals surface area contributed by atoms with E-state index in [1.54, 1.807) is 43.1 Å². The van der Waals surface area contributed by atoms with Gasteiger partial charge in [0.1, 0.15) is 5.82 Å². The fraction of sp³-hybridized carbons (Fsp3) is 0.371. The van der Waals surface area contributed by atoms with E-state index in [0.717, 1.165) is 30.9 Å². The minimum Gasteiger partial charge on any atom is -0.493 e. The molecule has 2 amide bonds. The number of benzene rings is 3. The van der Waals surface area contributed by atoms with E-state index in [-0.39, 0.29) is 36.4 Å². The van der Waals surface area contributed by atoms with E-state index in [4.69, 9.17) is 19.2 Å². The predicted molar refractivity (Wildman–Crippen MR) is 175 cm³/mol. The van der Waals surface area contributed by atoms with E-state index in [1.807, 2.05) is 50.5 Å². The Hall–Kier alpha value is -4.74. The summed E-state index contributed by atoms with van der Waals surface area (Å²) in [5, 5.41) is 0.513. The molecule has 6 rings (SSSR count). The lowest BCUT2D eigenvalue weighted by Crippen LogP contribution is -2.46. The Morgan fingerprint density at radius 2 is 1.63 bits per heavy atom. The van der Waals surface area contributed by atoms with Crippen molar-refractivity contribution in [2.75, 3.05) is 66.0 Å². The zero-order valence-corrected chi connectivity index (χ0v) is 26.7. The number of rotatable bonds is 11. The molecule has 11 nitrogen and oxygen atoms in total. The van der Waals surface area contributed by atoms with Crippen molar-refractivity contribution in [1.82, 2.24) is 19.4 Å². The predicted octanol–water partition coefficient (Wildman–Crippen LogP) is 3.26. The molecular weight excluding hydrogens is 586 g/mol. The molecule has 46 heavy (non-hydrogen) atoms. The normalized spacial score (nSPS) is 16.4. The number of hydrogen-bond donors (Lipinski definition) is 0. The Morgan fingerprint density at radius 1 is 0.891 bits per heavy atom. The van der Waals surface area contributed by atoms with Gasteiger partial charge in [-0.05, 0) is 68.5 Å². The number of imide groups is 1. The van der Waals surface area contributed by atoms with Crippen LogP contribution in [0.5, 0.6) is 11.5 Å². The van der Waals surface area contributed by atoms with Crippen LogP contribution >= 0.6 is 0 Å². The Kier molecular flexibility index (Phi) is 9.05. The summed E-state index contributed by atoms with van der Waals surface area (Å²) >= 11 is 0. The van der Waals surface area contributed by atoms with Crippen molar-refractivity contribution in [2.45, 2.75) is 25.5 Å². The van der Waals surface area contributed by atoms with Gasteiger partial charge in [0.15, 0.2) is 11.5 Å². The van der Waals surface area contributed by atoms with Crippen LogP contribution < -0.4 is 19.9 Å². The maximum atomic E-state index is 14.0. The van der Waals surface area contributed by atoms with Crippen LogP contribution in [0, 0.1) is 0 Å². The number of amides is 2. The highest BCUT2D eigenvalue weighted by Gasteiger charge is 2.35. The van der Waals surface area contributed by atoms with Crippen LogP contribution in [0.25, 0.3) is 10.9 Å². The van der Waals surface area contributed by atoms with E-state index >= 15 is 0 Å². The van der Waals surface area contributed by atoms with Crippen LogP contribution in [0.4, 0.5) is 5.69 Å². The number of morpholine rings is 1. The molecule has 0 bridgehead atoms. The van der Waals surface area contributed by atoms with E-state index in [0.29, 0.717) is 58.9 Å². The second kappa shape index (κ2) is 13.3. The number of nitrogens with zero attached hydrogens (tertiary/aromatic N) is 5. The lowest BCUT2D eigenvalue weighted by molar-refractivity contribution is 0.0248. The number of carbonyl (C=O) groups excluding carboxylic acids is 2. The van der Waals surface area contributed by atoms with Crippen molar-refractivity contribution in [1.29, 1.82) is 0 Å². The fourth-order valence-electron chi connectivity index (χ4n) is 6.28. The summed E-state index contributed by atoms with van der Waals surface area (Å²) in [6, 6.07) is 18.3. The van der Waals surface area contributed by atoms with E-state index in [1.165, 1.54) is 4.90 Å². The lowest BCUT2D eigenvalue weighted by Gasteiger charge is -2.35. The number of methoxy groups -OCH3 is 2. The molecule has 240 valence electrons. The first-order chi connectivity index (χ1) is 22.3. The molecule has 4 aromatic rings. The van der Waals surface area contributed by atoms with Crippen molar-refractivity contribution in [2.24, 2.45) is 0 Å². The van der Waals surface area contributed by atoms with Crippen molar-refractivity contribution < 1.29 is 23.8 Å². The van der Waals surface area contributed by atoms with Gasteiger partial charge in [0.05, 0.1) is 49.0 Å². The van der Waals surface area contributed by atoms with Gasteiger partial charge in [-0.3, -0.25) is 23.9 Å². The average Bonchev–Trinajstić information content (AvgIpc) is 3.31. The maximum absolute atomic E-state index is 14.0. The van der Waals surface area contributed by atoms with E-state index in [2.05, 4.69) is 9.80 Å². The SMILES string of the molecule is COc1ccc(CCn2c(CCN3C(=O)c4ccccc4C3=O)nc3cc(N4CCOC(CN(C)C)C4)ccc3c2=O)cc1OC. The molecule has 11 heteroatoms. The molecule has 1 fully saturated rings. The van der Waals surface area contributed by atoms with Gasteiger partial charge in [0.2, 0.25) is 0 Å². The van der Waals surface area contributed by atoms with Gasteiger partial charge in [-0.15, -0.1) is 0 Å². The molecule has 2 aliphatic rings. The first-order valence-corrected chi connectivity index (χ1v) is 15.5. The number of likely N-dealkylation sites (N-methyl/N-ethyl adjacent to an activating group) is 1. The highest BCUT2D eigenvalue weighted by molar-refractivity contribution is 6.21. The Morgan fingerprint density at radius 3 is 2.33 bits per heavy atom. The Balaban J connectivity index is 1.32. The molecule has 1 atom stereocenters. The third kappa shape index (κ3) is 6.20. The van der Waals surface area contributed by atoms with Gasteiger partial charge in [-0.1, -0.05) is 18.2 Å². The Bertz CT molecular complexity index is 1800. The molecule has 1 unspecified atom stereocenters. The zero-order valence-electron chi connectivity index (χ0n) is 26.7. The van der Waals surface area contributed by atoms with Crippen LogP contribution in [0.1, 0.15) is 32.1 Å². The molecule has 2 aliphatic heterocycles. The first-order valence-electron chi connectivity index (χ1n) is 15.5. The monoisotopic (exact) mass is 625 g/mol. The van der Waals surface area contributed by atoms with Crippen LogP contribution in [0.3, 0.4) is 0 Å². The highest BCUT2D eigenvalue weighted by atomic mass is 16.5. The largest absolute Gasteiger partial charge is 0.493 e. The van der Waals surface area contributed by atoms with Gasteiger partial charge in [-0.25, -0.2) is 4.98 Å². The smallest absolute Gasteiger partial charge is 0.261 e. The minimum atomic E-state index is -0.331. The number of aromatic nitrogens is 2. The second-order valence-electron chi connectivity index (χ2n) is 11.9. The number of ether oxygens (including phenoxy) is 3. The maximum Gasteiger partial charge on any atom is 0.261 e. The summed E-state index contributed by atoms with van der Waals surface area (Å²) in [7, 11) is 7.24. The van der Waals surface area contributed by atoms with Gasteiger partial charge in [0, 0.05) is 44.8 Å². The molecule has 0 aliphatic carbocycles. The number of carbonyl (C=O) groups is 2. The van der Waals surface area contributed by atoms with Crippen molar-refractivity contribution in [3.8, 4) is 11.5 Å². The third-order valence-corrected chi connectivity index (χ3v) is 8.60. The van der Waals surface area contributed by atoms with Gasteiger partial charge >= 0.3 is 0 Å². The van der Waals surface area contributed by atoms with Gasteiger partial charge in [0.25, 0.3) is 17.4 Å². The summed E-state index contributed by atoms with van der Waals surface area (Å²) < 4.78 is 18.5. The third-order valence-electron chi connectivity index (χ3n) is 8.60. The molecule has 0 saturated carbocycles. The molecule has 3 aromatic carbocycles. The molecule has 1 saturated heterocycles. The molecule has 1 aromatic heterocycles. The summed E-state index contributed by atoms with van der Waals surface area (Å²) in [6.45, 7) is 3.37. The second-order valence-corrected chi connectivity index (χ2v) is 11.9. The van der Waals surface area contributed by atoms with Crippen LogP contribution in [0.15, 0.2) is 65.5 Å². The number of aryl methyl sites for hydroxylation is 1. The topological polar surface area (TPSA) is 106 Å². The first kappa shape index (κ1) is 31.3. The molecule has 3 heterocycles. The standard InChI is InChI=1S/C35H39N5O6/c1-37(2)21-25-22-38(17-18-46-25)24-10-11-28-29(20-24)36-32(14-16-40-33(41)26-7-5-6-8-27(26)34(40)42)39(35(28)43)15-13-23-9-12-30(44-3)31(19-23)45-4/h5-12,19-20,25H,13-18,21-22H2,1-4H3. The number of hydrogen-bond acceptors (Lipinski definition) is 9. The zero-order chi connectivity index (χ0) is 32.4. The molecule has 0 N–H and O–H groups in total. The number of fused-ring (bicyclic) bond motifs is 2. The molecule has 0 spiro atoms. The van der Waals surface area contributed by atoms with Crippen molar-refractivity contribution >= 4 is 28.4 Å². The fourth-order valence-corrected chi connectivity index (χ4v) is 6.28. The lowest BCUT2D eigenvalue weighted by atomic mass is 10.1. The van der Waals surface area contributed by atoms with Gasteiger partial charge < -0.3 is 24.0 Å². The highest BCUT2D eigenvalue weighted by Crippen LogP contribution is 2.28. The molecular formula is C35H39N5O6. The van der Waals surface area contributed by atoms with Gasteiger partial charge in [-0.2, -0.15) is 0 Å². The van der Waals surface area contributed by atoms with Crippen LogP contribution in [0.2, 0.25) is 0 Å². The van der Waals surface area contributed by atoms with Crippen molar-refractivity contribution in [3.05, 3.63) is 93.5 Å². The minimum absolute atomic E-state index is 0.0761. The summed E-state index contributed by atoms with van der Waals surface area (Å²) in [4.78, 5) is 50.9. The quantitative estimate of drug-likeness (QED) is 0.232. The summed E-state index contributed by atoms with van der Waals surface area (Å²) in [5.74, 6) is 1.09. The Labute approximate surface area is 267 Å². The van der Waals surface area contributed by atoms with Crippen LogP contribution in [-0.2, 0) is 24.1 Å². The average molecular weight is 626 g/mol. The molecule has 0 radical (unpaired) electrons. The van der Waals surface area contributed by atoms with E-state index < -0.39 is 0 Å². The summed E-state index contributed by atoms with van der Waals surface area (Å²) in [6.07, 6.45) is 0.842. The summed E-state index contributed by atoms with van der Waals surface area (Å²) in [5.41, 5.74) is 3.14. The number of anilines is 1. The van der Waals surface area contributed by atoms with E-state index in [9.17, 15) is 14.4 Å².